The molecular weight excluding hydrogens is 184 g/mol. The first-order valence-corrected chi connectivity index (χ1v) is 4.69. The van der Waals surface area contributed by atoms with E-state index in [0.717, 1.165) is 11.4 Å². The molecule has 13 heavy (non-hydrogen) atoms. The Kier molecular flexibility index (Phi) is 2.23. The standard InChI is InChI=1S/C9H8N2OS/c1-12-9-11-8(6-13-9)7-4-2-3-5-10-7/h2-6H,1H3. The van der Waals surface area contributed by atoms with E-state index in [1.54, 1.807) is 13.3 Å². The second-order valence-electron chi connectivity index (χ2n) is 2.42. The predicted molar refractivity (Wildman–Crippen MR) is 51.9 cm³/mol. The molecule has 0 amide bonds. The zero-order chi connectivity index (χ0) is 9.10. The van der Waals surface area contributed by atoms with Gasteiger partial charge < -0.3 is 4.74 Å². The number of pyridine rings is 1. The van der Waals surface area contributed by atoms with E-state index in [0.29, 0.717) is 5.19 Å². The number of nitrogens with zero attached hydrogens (tertiary/aromatic N) is 2. The molecule has 66 valence electrons. The molecule has 0 radical (unpaired) electrons. The smallest absolute Gasteiger partial charge is 0.273 e. The van der Waals surface area contributed by atoms with Crippen molar-refractivity contribution in [2.75, 3.05) is 7.11 Å². The first-order chi connectivity index (χ1) is 6.40. The van der Waals surface area contributed by atoms with Crippen LogP contribution >= 0.6 is 11.3 Å². The quantitative estimate of drug-likeness (QED) is 0.731. The van der Waals surface area contributed by atoms with Gasteiger partial charge in [0.15, 0.2) is 0 Å². The molecule has 3 nitrogen and oxygen atoms in total. The van der Waals surface area contributed by atoms with Gasteiger partial charge in [0.1, 0.15) is 5.69 Å². The minimum absolute atomic E-state index is 0.667. The van der Waals surface area contributed by atoms with Crippen LogP contribution in [0.15, 0.2) is 29.8 Å². The summed E-state index contributed by atoms with van der Waals surface area (Å²) in [5.74, 6) is 0. The maximum atomic E-state index is 5.00. The van der Waals surface area contributed by atoms with Crippen molar-refractivity contribution in [1.82, 2.24) is 9.97 Å². The highest BCUT2D eigenvalue weighted by Crippen LogP contribution is 2.24. The second-order valence-corrected chi connectivity index (χ2v) is 3.24. The molecule has 0 N–H and O–H groups in total. The number of thiazole rings is 1. The van der Waals surface area contributed by atoms with Crippen LogP contribution in [-0.4, -0.2) is 17.1 Å². The highest BCUT2D eigenvalue weighted by atomic mass is 32.1. The summed E-state index contributed by atoms with van der Waals surface area (Å²) in [5, 5.41) is 2.60. The molecule has 4 heteroatoms. The SMILES string of the molecule is COc1nc(-c2ccccn2)cs1. The molecule has 0 bridgehead atoms. The van der Waals surface area contributed by atoms with E-state index in [4.69, 9.17) is 4.74 Å². The maximum absolute atomic E-state index is 5.00. The van der Waals surface area contributed by atoms with Gasteiger partial charge in [0, 0.05) is 11.6 Å². The molecule has 0 aromatic carbocycles. The molecule has 2 aromatic rings. The third-order valence-corrected chi connectivity index (χ3v) is 2.39. The van der Waals surface area contributed by atoms with Gasteiger partial charge in [0.25, 0.3) is 5.19 Å². The monoisotopic (exact) mass is 192 g/mol. The molecule has 0 fully saturated rings. The van der Waals surface area contributed by atoms with E-state index in [1.165, 1.54) is 11.3 Å². The van der Waals surface area contributed by atoms with Gasteiger partial charge in [-0.1, -0.05) is 17.4 Å². The Hall–Kier alpha value is -1.42. The Bertz CT molecular complexity index is 386. The van der Waals surface area contributed by atoms with Crippen LogP contribution < -0.4 is 4.74 Å². The van der Waals surface area contributed by atoms with Gasteiger partial charge in [-0.2, -0.15) is 0 Å². The number of hydrogen-bond acceptors (Lipinski definition) is 4. The van der Waals surface area contributed by atoms with Gasteiger partial charge in [-0.05, 0) is 12.1 Å². The molecule has 0 aliphatic carbocycles. The summed E-state index contributed by atoms with van der Waals surface area (Å²) in [6, 6.07) is 5.75. The fourth-order valence-corrected chi connectivity index (χ4v) is 1.62. The summed E-state index contributed by atoms with van der Waals surface area (Å²) in [5.41, 5.74) is 1.74. The number of hydrogen-bond donors (Lipinski definition) is 0. The summed E-state index contributed by atoms with van der Waals surface area (Å²) < 4.78 is 5.00. The Labute approximate surface area is 80.0 Å². The van der Waals surface area contributed by atoms with Crippen molar-refractivity contribution in [3.8, 4) is 16.6 Å². The lowest BCUT2D eigenvalue weighted by Crippen LogP contribution is -1.83. The second kappa shape index (κ2) is 3.53. The largest absolute Gasteiger partial charge is 0.473 e. The molecule has 0 unspecified atom stereocenters. The number of rotatable bonds is 2. The van der Waals surface area contributed by atoms with Crippen LogP contribution in [0.3, 0.4) is 0 Å². The van der Waals surface area contributed by atoms with Crippen molar-refractivity contribution in [2.45, 2.75) is 0 Å². The van der Waals surface area contributed by atoms with Crippen LogP contribution in [-0.2, 0) is 0 Å². The average Bonchev–Trinajstić information content (AvgIpc) is 2.67. The minimum atomic E-state index is 0.667. The first-order valence-electron chi connectivity index (χ1n) is 3.81. The van der Waals surface area contributed by atoms with Crippen molar-refractivity contribution < 1.29 is 4.74 Å². The molecule has 0 saturated heterocycles. The van der Waals surface area contributed by atoms with Crippen molar-refractivity contribution in [3.63, 3.8) is 0 Å². The van der Waals surface area contributed by atoms with E-state index >= 15 is 0 Å². The molecule has 2 aromatic heterocycles. The average molecular weight is 192 g/mol. The number of aromatic nitrogens is 2. The molecule has 0 saturated carbocycles. The summed E-state index contributed by atoms with van der Waals surface area (Å²) in [7, 11) is 1.61. The van der Waals surface area contributed by atoms with Crippen molar-refractivity contribution >= 4 is 11.3 Å². The van der Waals surface area contributed by atoms with E-state index in [1.807, 2.05) is 23.6 Å². The minimum Gasteiger partial charge on any atom is -0.473 e. The third-order valence-electron chi connectivity index (χ3n) is 1.59. The van der Waals surface area contributed by atoms with Crippen LogP contribution in [0.5, 0.6) is 5.19 Å². The van der Waals surface area contributed by atoms with Crippen molar-refractivity contribution in [1.29, 1.82) is 0 Å². The van der Waals surface area contributed by atoms with Gasteiger partial charge in [-0.3, -0.25) is 4.98 Å². The fraction of sp³-hybridized carbons (Fsp3) is 0.111. The van der Waals surface area contributed by atoms with E-state index in [9.17, 15) is 0 Å². The molecule has 0 spiro atoms. The summed E-state index contributed by atoms with van der Waals surface area (Å²) in [4.78, 5) is 8.42. The van der Waals surface area contributed by atoms with Gasteiger partial charge in [-0.15, -0.1) is 0 Å². The van der Waals surface area contributed by atoms with Crippen molar-refractivity contribution in [3.05, 3.63) is 29.8 Å². The molecule has 0 aliphatic heterocycles. The molecular formula is C9H8N2OS. The molecule has 2 heterocycles. The van der Waals surface area contributed by atoms with Crippen LogP contribution in [0.1, 0.15) is 0 Å². The lowest BCUT2D eigenvalue weighted by Gasteiger charge is -1.92. The van der Waals surface area contributed by atoms with E-state index in [2.05, 4.69) is 9.97 Å². The fourth-order valence-electron chi connectivity index (χ4n) is 0.983. The zero-order valence-electron chi connectivity index (χ0n) is 7.10. The van der Waals surface area contributed by atoms with Crippen LogP contribution in [0.25, 0.3) is 11.4 Å². The molecule has 2 rings (SSSR count). The van der Waals surface area contributed by atoms with Gasteiger partial charge in [0.2, 0.25) is 0 Å². The number of methoxy groups -OCH3 is 1. The van der Waals surface area contributed by atoms with Gasteiger partial charge >= 0.3 is 0 Å². The normalized spacial score (nSPS) is 9.92. The number of ether oxygens (including phenoxy) is 1. The Balaban J connectivity index is 2.36. The predicted octanol–water partition coefficient (Wildman–Crippen LogP) is 2.21. The third kappa shape index (κ3) is 1.67. The topological polar surface area (TPSA) is 35.0 Å². The molecule has 0 atom stereocenters. The first kappa shape index (κ1) is 8.19. The van der Waals surface area contributed by atoms with Crippen LogP contribution in [0.2, 0.25) is 0 Å². The van der Waals surface area contributed by atoms with Crippen molar-refractivity contribution in [2.24, 2.45) is 0 Å². The Morgan fingerprint density at radius 3 is 2.85 bits per heavy atom. The Morgan fingerprint density at radius 1 is 1.31 bits per heavy atom. The summed E-state index contributed by atoms with van der Waals surface area (Å²) in [6.45, 7) is 0. The van der Waals surface area contributed by atoms with Crippen LogP contribution in [0, 0.1) is 0 Å². The Morgan fingerprint density at radius 2 is 2.23 bits per heavy atom. The summed E-state index contributed by atoms with van der Waals surface area (Å²) >= 11 is 1.47. The summed E-state index contributed by atoms with van der Waals surface area (Å²) in [6.07, 6.45) is 1.75. The maximum Gasteiger partial charge on any atom is 0.273 e. The zero-order valence-corrected chi connectivity index (χ0v) is 7.91. The van der Waals surface area contributed by atoms with Gasteiger partial charge in [-0.25, -0.2) is 4.98 Å². The van der Waals surface area contributed by atoms with Crippen LogP contribution in [0.4, 0.5) is 0 Å². The highest BCUT2D eigenvalue weighted by molar-refractivity contribution is 7.11. The lowest BCUT2D eigenvalue weighted by molar-refractivity contribution is 0.412. The molecule has 0 aliphatic rings. The lowest BCUT2D eigenvalue weighted by atomic mass is 10.3. The highest BCUT2D eigenvalue weighted by Gasteiger charge is 2.03. The van der Waals surface area contributed by atoms with E-state index < -0.39 is 0 Å². The van der Waals surface area contributed by atoms with Gasteiger partial charge in [0.05, 0.1) is 12.8 Å². The van der Waals surface area contributed by atoms with E-state index in [-0.39, 0.29) is 0 Å².